The first-order valence-corrected chi connectivity index (χ1v) is 6.54. The zero-order valence-corrected chi connectivity index (χ0v) is 9.60. The second-order valence-corrected chi connectivity index (χ2v) is 6.22. The molecular weight excluding hydrogens is 216 g/mol. The summed E-state index contributed by atoms with van der Waals surface area (Å²) >= 11 is 0. The first kappa shape index (κ1) is 10.5. The van der Waals surface area contributed by atoms with Crippen LogP contribution in [0.4, 0.5) is 5.88 Å². The maximum Gasteiger partial charge on any atom is 0.241 e. The normalized spacial score (nSPS) is 15.7. The van der Waals surface area contributed by atoms with Crippen molar-refractivity contribution >= 4 is 15.9 Å². The van der Waals surface area contributed by atoms with Gasteiger partial charge < -0.3 is 4.52 Å². The molecule has 1 aliphatic rings. The van der Waals surface area contributed by atoms with Gasteiger partial charge in [-0.3, -0.25) is 4.72 Å². The Bertz CT molecular complexity index is 462. The minimum atomic E-state index is -3.33. The molecule has 0 spiro atoms. The number of rotatable bonds is 3. The molecule has 5 nitrogen and oxygen atoms in total. The quantitative estimate of drug-likeness (QED) is 0.849. The van der Waals surface area contributed by atoms with Crippen molar-refractivity contribution in [1.82, 2.24) is 5.16 Å². The van der Waals surface area contributed by atoms with E-state index >= 15 is 0 Å². The summed E-state index contributed by atoms with van der Waals surface area (Å²) in [6.07, 6.45) is 2.74. The molecule has 0 saturated heterocycles. The summed E-state index contributed by atoms with van der Waals surface area (Å²) in [4.78, 5) is 0. The molecule has 0 bridgehead atoms. The number of hydrogen-bond acceptors (Lipinski definition) is 4. The van der Waals surface area contributed by atoms with Gasteiger partial charge >= 0.3 is 0 Å². The lowest BCUT2D eigenvalue weighted by molar-refractivity contribution is 0.424. The Balaban J connectivity index is 2.26. The van der Waals surface area contributed by atoms with E-state index in [2.05, 4.69) is 9.88 Å². The van der Waals surface area contributed by atoms with Crippen LogP contribution < -0.4 is 4.72 Å². The van der Waals surface area contributed by atoms with E-state index in [0.717, 1.165) is 30.5 Å². The molecule has 0 unspecified atom stereocenters. The SMILES string of the molecule is CC(C)S(=O)(=O)Nc1onc2c1CCC2. The third-order valence-electron chi connectivity index (χ3n) is 2.57. The molecular formula is C9H14N2O3S. The Morgan fingerprint density at radius 3 is 2.80 bits per heavy atom. The number of aromatic nitrogens is 1. The van der Waals surface area contributed by atoms with Crippen molar-refractivity contribution in [2.75, 3.05) is 4.72 Å². The van der Waals surface area contributed by atoms with Crippen molar-refractivity contribution in [1.29, 1.82) is 0 Å². The van der Waals surface area contributed by atoms with Gasteiger partial charge in [-0.05, 0) is 33.1 Å². The smallest absolute Gasteiger partial charge is 0.241 e. The summed E-state index contributed by atoms with van der Waals surface area (Å²) in [7, 11) is -3.33. The van der Waals surface area contributed by atoms with Crippen LogP contribution in [0.2, 0.25) is 0 Å². The van der Waals surface area contributed by atoms with Crippen molar-refractivity contribution in [2.24, 2.45) is 0 Å². The van der Waals surface area contributed by atoms with E-state index in [9.17, 15) is 8.42 Å². The van der Waals surface area contributed by atoms with Crippen molar-refractivity contribution in [3.8, 4) is 0 Å². The van der Waals surface area contributed by atoms with Gasteiger partial charge in [0.2, 0.25) is 15.9 Å². The lowest BCUT2D eigenvalue weighted by atomic mass is 10.3. The fraction of sp³-hybridized carbons (Fsp3) is 0.667. The summed E-state index contributed by atoms with van der Waals surface area (Å²) in [5.41, 5.74) is 1.80. The van der Waals surface area contributed by atoms with Crippen LogP contribution in [0.25, 0.3) is 0 Å². The third-order valence-corrected chi connectivity index (χ3v) is 4.28. The summed E-state index contributed by atoms with van der Waals surface area (Å²) < 4.78 is 30.6. The van der Waals surface area contributed by atoms with Crippen LogP contribution >= 0.6 is 0 Å². The first-order chi connectivity index (χ1) is 7.00. The molecule has 0 aliphatic heterocycles. The average molecular weight is 230 g/mol. The van der Waals surface area contributed by atoms with Crippen LogP contribution in [0.3, 0.4) is 0 Å². The lowest BCUT2D eigenvalue weighted by Crippen LogP contribution is -2.22. The molecule has 0 amide bonds. The molecule has 1 N–H and O–H groups in total. The number of anilines is 1. The van der Waals surface area contributed by atoms with E-state index in [4.69, 9.17) is 4.52 Å². The van der Waals surface area contributed by atoms with Crippen molar-refractivity contribution in [3.63, 3.8) is 0 Å². The lowest BCUT2D eigenvalue weighted by Gasteiger charge is -2.08. The molecule has 1 aromatic heterocycles. The fourth-order valence-electron chi connectivity index (χ4n) is 1.56. The van der Waals surface area contributed by atoms with Crippen LogP contribution in [-0.4, -0.2) is 18.8 Å². The number of sulfonamides is 1. The predicted octanol–water partition coefficient (Wildman–Crippen LogP) is 1.31. The number of aryl methyl sites for hydroxylation is 1. The topological polar surface area (TPSA) is 72.2 Å². The van der Waals surface area contributed by atoms with Crippen LogP contribution in [0.15, 0.2) is 4.52 Å². The van der Waals surface area contributed by atoms with E-state index in [1.54, 1.807) is 13.8 Å². The van der Waals surface area contributed by atoms with Crippen molar-refractivity contribution in [2.45, 2.75) is 38.4 Å². The molecule has 1 aromatic rings. The molecule has 0 radical (unpaired) electrons. The van der Waals surface area contributed by atoms with E-state index in [1.165, 1.54) is 0 Å². The van der Waals surface area contributed by atoms with E-state index < -0.39 is 15.3 Å². The van der Waals surface area contributed by atoms with Gasteiger partial charge in [0.1, 0.15) is 0 Å². The first-order valence-electron chi connectivity index (χ1n) is 5.00. The Morgan fingerprint density at radius 1 is 1.40 bits per heavy atom. The van der Waals surface area contributed by atoms with Crippen molar-refractivity contribution < 1.29 is 12.9 Å². The minimum absolute atomic E-state index is 0.302. The second kappa shape index (κ2) is 3.52. The average Bonchev–Trinajstić information content (AvgIpc) is 2.69. The highest BCUT2D eigenvalue weighted by Gasteiger charge is 2.25. The Hall–Kier alpha value is -1.04. The molecule has 0 fully saturated rings. The molecule has 0 atom stereocenters. The fourth-order valence-corrected chi connectivity index (χ4v) is 2.21. The number of fused-ring (bicyclic) bond motifs is 1. The van der Waals surface area contributed by atoms with Crippen LogP contribution in [0, 0.1) is 0 Å². The van der Waals surface area contributed by atoms with Gasteiger partial charge in [-0.15, -0.1) is 0 Å². The maximum absolute atomic E-state index is 11.6. The molecule has 6 heteroatoms. The Morgan fingerprint density at radius 2 is 2.13 bits per heavy atom. The minimum Gasteiger partial charge on any atom is -0.337 e. The molecule has 1 aliphatic carbocycles. The van der Waals surface area contributed by atoms with Gasteiger partial charge in [-0.2, -0.15) is 0 Å². The highest BCUT2D eigenvalue weighted by atomic mass is 32.2. The van der Waals surface area contributed by atoms with E-state index in [0.29, 0.717) is 5.88 Å². The molecule has 0 saturated carbocycles. The molecule has 15 heavy (non-hydrogen) atoms. The van der Waals surface area contributed by atoms with Crippen LogP contribution in [-0.2, 0) is 22.9 Å². The Labute approximate surface area is 88.9 Å². The van der Waals surface area contributed by atoms with Gasteiger partial charge in [0.15, 0.2) is 0 Å². The summed E-state index contributed by atoms with van der Waals surface area (Å²) in [6.45, 7) is 3.25. The maximum atomic E-state index is 11.6. The summed E-state index contributed by atoms with van der Waals surface area (Å²) in [5.74, 6) is 0.302. The van der Waals surface area contributed by atoms with Gasteiger partial charge in [-0.25, -0.2) is 8.42 Å². The number of nitrogens with zero attached hydrogens (tertiary/aromatic N) is 1. The third kappa shape index (κ3) is 1.86. The van der Waals surface area contributed by atoms with E-state index in [-0.39, 0.29) is 0 Å². The van der Waals surface area contributed by atoms with Gasteiger partial charge in [0.05, 0.1) is 10.9 Å². The number of hydrogen-bond donors (Lipinski definition) is 1. The second-order valence-electron chi connectivity index (χ2n) is 3.99. The van der Waals surface area contributed by atoms with Gasteiger partial charge in [-0.1, -0.05) is 5.16 Å². The monoisotopic (exact) mass is 230 g/mol. The van der Waals surface area contributed by atoms with Crippen molar-refractivity contribution in [3.05, 3.63) is 11.3 Å². The highest BCUT2D eigenvalue weighted by Crippen LogP contribution is 2.29. The van der Waals surface area contributed by atoms with Gasteiger partial charge in [0, 0.05) is 5.56 Å². The zero-order chi connectivity index (χ0) is 11.1. The molecule has 2 rings (SSSR count). The van der Waals surface area contributed by atoms with Crippen LogP contribution in [0.1, 0.15) is 31.5 Å². The largest absolute Gasteiger partial charge is 0.337 e. The standard InChI is InChI=1S/C9H14N2O3S/c1-6(2)15(12,13)11-9-7-4-3-5-8(7)10-14-9/h6,11H,3-5H2,1-2H3. The summed E-state index contributed by atoms with van der Waals surface area (Å²) in [6, 6.07) is 0. The molecule has 84 valence electrons. The van der Waals surface area contributed by atoms with E-state index in [1.807, 2.05) is 0 Å². The molecule has 1 heterocycles. The molecule has 0 aromatic carbocycles. The van der Waals surface area contributed by atoms with Gasteiger partial charge in [0.25, 0.3) is 0 Å². The van der Waals surface area contributed by atoms with Crippen LogP contribution in [0.5, 0.6) is 0 Å². The summed E-state index contributed by atoms with van der Waals surface area (Å²) in [5, 5.41) is 3.37. The predicted molar refractivity (Wildman–Crippen MR) is 56.2 cm³/mol. The number of nitrogens with one attached hydrogen (secondary N) is 1. The Kier molecular flexibility index (Phi) is 2.46. The zero-order valence-electron chi connectivity index (χ0n) is 8.78. The highest BCUT2D eigenvalue weighted by molar-refractivity contribution is 7.93.